The van der Waals surface area contributed by atoms with Gasteiger partial charge < -0.3 is 14.9 Å². The molecule has 21 heavy (non-hydrogen) atoms. The average Bonchev–Trinajstić information content (AvgIpc) is 2.82. The van der Waals surface area contributed by atoms with Crippen LogP contribution >= 0.6 is 0 Å². The Kier molecular flexibility index (Phi) is 5.33. The van der Waals surface area contributed by atoms with Gasteiger partial charge in [0.15, 0.2) is 0 Å². The first kappa shape index (κ1) is 15.9. The molecule has 2 heterocycles. The average molecular weight is 298 g/mol. The van der Waals surface area contributed by atoms with Crippen LogP contribution in [-0.2, 0) is 11.2 Å². The second kappa shape index (κ2) is 7.02. The third-order valence-corrected chi connectivity index (χ3v) is 3.79. The number of nitrogens with zero attached hydrogens (tertiary/aromatic N) is 1. The van der Waals surface area contributed by atoms with E-state index in [0.717, 1.165) is 19.3 Å². The van der Waals surface area contributed by atoms with Gasteiger partial charge in [0.05, 0.1) is 12.7 Å². The maximum atomic E-state index is 11.9. The van der Waals surface area contributed by atoms with Crippen molar-refractivity contribution in [1.82, 2.24) is 9.55 Å². The van der Waals surface area contributed by atoms with E-state index in [0.29, 0.717) is 12.0 Å². The van der Waals surface area contributed by atoms with Gasteiger partial charge in [-0.25, -0.2) is 4.79 Å². The first-order valence-electron chi connectivity index (χ1n) is 7.35. The van der Waals surface area contributed by atoms with Gasteiger partial charge in [-0.3, -0.25) is 14.3 Å². The quantitative estimate of drug-likeness (QED) is 0.637. The van der Waals surface area contributed by atoms with Gasteiger partial charge in [-0.05, 0) is 12.8 Å². The van der Waals surface area contributed by atoms with Gasteiger partial charge in [0, 0.05) is 18.2 Å². The van der Waals surface area contributed by atoms with Crippen LogP contribution < -0.4 is 11.2 Å². The molecule has 1 aromatic heterocycles. The molecule has 7 heteroatoms. The van der Waals surface area contributed by atoms with E-state index in [1.54, 1.807) is 0 Å². The molecule has 0 radical (unpaired) electrons. The molecule has 118 valence electrons. The van der Waals surface area contributed by atoms with Crippen molar-refractivity contribution in [2.75, 3.05) is 6.61 Å². The normalized spacial score (nSPS) is 25.4. The van der Waals surface area contributed by atoms with Crippen LogP contribution in [0.4, 0.5) is 0 Å². The van der Waals surface area contributed by atoms with E-state index in [1.807, 2.05) is 0 Å². The maximum Gasteiger partial charge on any atom is 0.330 e. The van der Waals surface area contributed by atoms with Crippen LogP contribution in [0.15, 0.2) is 15.8 Å². The number of aromatic nitrogens is 2. The maximum absolute atomic E-state index is 11.9. The van der Waals surface area contributed by atoms with Crippen molar-refractivity contribution in [3.05, 3.63) is 32.6 Å². The molecular weight excluding hydrogens is 276 g/mol. The summed E-state index contributed by atoms with van der Waals surface area (Å²) in [6.07, 6.45) is 3.09. The fourth-order valence-corrected chi connectivity index (χ4v) is 2.53. The topological polar surface area (TPSA) is 105 Å². The second-order valence-corrected chi connectivity index (χ2v) is 5.39. The second-order valence-electron chi connectivity index (χ2n) is 5.39. The molecule has 0 aromatic carbocycles. The van der Waals surface area contributed by atoms with Gasteiger partial charge in [0.2, 0.25) is 0 Å². The Bertz CT molecular complexity index is 579. The lowest BCUT2D eigenvalue weighted by Crippen LogP contribution is -2.34. The number of aromatic amines is 1. The van der Waals surface area contributed by atoms with Crippen LogP contribution in [-0.4, -0.2) is 38.6 Å². The van der Waals surface area contributed by atoms with Crippen molar-refractivity contribution in [3.63, 3.8) is 0 Å². The summed E-state index contributed by atoms with van der Waals surface area (Å²) in [5.41, 5.74) is -0.395. The number of nitrogens with one attached hydrogen (secondary N) is 1. The molecule has 3 unspecified atom stereocenters. The number of aryl methyl sites for hydroxylation is 1. The Morgan fingerprint density at radius 2 is 2.19 bits per heavy atom. The lowest BCUT2D eigenvalue weighted by atomic mass is 10.1. The number of unbranched alkanes of at least 4 members (excludes halogenated alkanes) is 2. The van der Waals surface area contributed by atoms with E-state index in [4.69, 9.17) is 9.84 Å². The number of ether oxygens (including phenoxy) is 1. The summed E-state index contributed by atoms with van der Waals surface area (Å²) in [4.78, 5) is 26.0. The molecule has 2 rings (SSSR count). The van der Waals surface area contributed by atoms with Crippen LogP contribution in [0.1, 0.15) is 44.4 Å². The summed E-state index contributed by atoms with van der Waals surface area (Å²) in [6.45, 7) is 1.77. The van der Waals surface area contributed by atoms with Crippen molar-refractivity contribution < 1.29 is 14.9 Å². The smallest absolute Gasteiger partial charge is 0.330 e. The molecule has 3 N–H and O–H groups in total. The van der Waals surface area contributed by atoms with E-state index >= 15 is 0 Å². The molecule has 7 nitrogen and oxygen atoms in total. The lowest BCUT2D eigenvalue weighted by Gasteiger charge is -2.15. The van der Waals surface area contributed by atoms with Gasteiger partial charge in [0.25, 0.3) is 5.56 Å². The third kappa shape index (κ3) is 3.61. The van der Waals surface area contributed by atoms with Crippen molar-refractivity contribution in [3.8, 4) is 0 Å². The minimum Gasteiger partial charge on any atom is -0.394 e. The molecule has 0 aliphatic carbocycles. The SMILES string of the molecule is CCCCCc1cn(C2CC(O)C(CO)O2)c(=O)[nH]c1=O. The van der Waals surface area contributed by atoms with Crippen LogP contribution in [0.2, 0.25) is 0 Å². The molecule has 1 saturated heterocycles. The minimum absolute atomic E-state index is 0.214. The molecule has 1 fully saturated rings. The van der Waals surface area contributed by atoms with Crippen molar-refractivity contribution in [2.45, 2.75) is 57.5 Å². The fourth-order valence-electron chi connectivity index (χ4n) is 2.53. The largest absolute Gasteiger partial charge is 0.394 e. The number of hydrogen-bond acceptors (Lipinski definition) is 5. The summed E-state index contributed by atoms with van der Waals surface area (Å²) in [5, 5.41) is 18.8. The Morgan fingerprint density at radius 3 is 2.81 bits per heavy atom. The van der Waals surface area contributed by atoms with E-state index in [-0.39, 0.29) is 18.6 Å². The van der Waals surface area contributed by atoms with Gasteiger partial charge in [-0.1, -0.05) is 19.8 Å². The van der Waals surface area contributed by atoms with Crippen LogP contribution in [0.25, 0.3) is 0 Å². The predicted octanol–water partition coefficient (Wildman–Crippen LogP) is -0.0900. The highest BCUT2D eigenvalue weighted by Gasteiger charge is 2.35. The first-order valence-corrected chi connectivity index (χ1v) is 7.35. The van der Waals surface area contributed by atoms with Gasteiger partial charge in [-0.15, -0.1) is 0 Å². The zero-order valence-corrected chi connectivity index (χ0v) is 12.1. The first-order chi connectivity index (χ1) is 10.1. The standard InChI is InChI=1S/C14H22N2O5/c1-2-3-4-5-9-7-16(14(20)15-13(9)19)12-6-10(18)11(8-17)21-12/h7,10-12,17-18H,2-6,8H2,1H3,(H,15,19,20). The summed E-state index contributed by atoms with van der Waals surface area (Å²) in [7, 11) is 0. The van der Waals surface area contributed by atoms with Crippen molar-refractivity contribution >= 4 is 0 Å². The van der Waals surface area contributed by atoms with Crippen LogP contribution in [0.5, 0.6) is 0 Å². The van der Waals surface area contributed by atoms with Crippen LogP contribution in [0, 0.1) is 0 Å². The molecule has 1 aliphatic heterocycles. The Morgan fingerprint density at radius 1 is 1.43 bits per heavy atom. The molecule has 0 bridgehead atoms. The van der Waals surface area contributed by atoms with E-state index in [9.17, 15) is 14.7 Å². The lowest BCUT2D eigenvalue weighted by molar-refractivity contribution is -0.0460. The van der Waals surface area contributed by atoms with Crippen LogP contribution in [0.3, 0.4) is 0 Å². The minimum atomic E-state index is -0.817. The zero-order valence-electron chi connectivity index (χ0n) is 12.1. The van der Waals surface area contributed by atoms with E-state index < -0.39 is 24.1 Å². The van der Waals surface area contributed by atoms with Gasteiger partial charge in [0.1, 0.15) is 12.3 Å². The molecule has 1 aliphatic rings. The summed E-state index contributed by atoms with van der Waals surface area (Å²) in [6, 6.07) is 0. The van der Waals surface area contributed by atoms with Gasteiger partial charge in [-0.2, -0.15) is 0 Å². The number of hydrogen-bond donors (Lipinski definition) is 3. The van der Waals surface area contributed by atoms with Crippen molar-refractivity contribution in [2.24, 2.45) is 0 Å². The third-order valence-electron chi connectivity index (χ3n) is 3.79. The monoisotopic (exact) mass is 298 g/mol. The molecule has 3 atom stereocenters. The molecular formula is C14H22N2O5. The Labute approximate surface area is 122 Å². The highest BCUT2D eigenvalue weighted by Crippen LogP contribution is 2.27. The summed E-state index contributed by atoms with van der Waals surface area (Å²) in [5.74, 6) is 0. The molecule has 0 saturated carbocycles. The van der Waals surface area contributed by atoms with Gasteiger partial charge >= 0.3 is 5.69 Å². The fraction of sp³-hybridized carbons (Fsp3) is 0.714. The number of rotatable bonds is 6. The molecule has 0 spiro atoms. The Balaban J connectivity index is 2.22. The molecule has 0 amide bonds. The highest BCUT2D eigenvalue weighted by atomic mass is 16.5. The van der Waals surface area contributed by atoms with E-state index in [2.05, 4.69) is 11.9 Å². The number of aliphatic hydroxyl groups excluding tert-OH is 2. The summed E-state index contributed by atoms with van der Waals surface area (Å²) < 4.78 is 6.74. The highest BCUT2D eigenvalue weighted by molar-refractivity contribution is 5.05. The summed E-state index contributed by atoms with van der Waals surface area (Å²) >= 11 is 0. The van der Waals surface area contributed by atoms with Crippen molar-refractivity contribution in [1.29, 1.82) is 0 Å². The molecule has 1 aromatic rings. The Hall–Kier alpha value is -1.44. The number of aliphatic hydroxyl groups is 2. The van der Waals surface area contributed by atoms with E-state index in [1.165, 1.54) is 10.8 Å². The predicted molar refractivity (Wildman–Crippen MR) is 76.2 cm³/mol. The zero-order chi connectivity index (χ0) is 15.4. The number of H-pyrrole nitrogens is 1.